The van der Waals surface area contributed by atoms with E-state index in [0.29, 0.717) is 11.5 Å². The predicted molar refractivity (Wildman–Crippen MR) is 76.0 cm³/mol. The summed E-state index contributed by atoms with van der Waals surface area (Å²) in [6, 6.07) is 10.2. The first-order chi connectivity index (χ1) is 8.54. The van der Waals surface area contributed by atoms with Gasteiger partial charge >= 0.3 is 0 Å². The Hall–Kier alpha value is -1.83. The molecule has 0 bridgehead atoms. The SMILES string of the molecule is C=C(/C=C(/Cc1ccccc1)C(C)CC)C(N)=O. The average molecular weight is 243 g/mol. The number of benzene rings is 1. The maximum atomic E-state index is 11.1. The molecular formula is C16H21NO. The quantitative estimate of drug-likeness (QED) is 0.605. The Bertz CT molecular complexity index is 445. The predicted octanol–water partition coefficient (Wildman–Crippen LogP) is 3.24. The van der Waals surface area contributed by atoms with Crippen molar-refractivity contribution in [3.63, 3.8) is 0 Å². The molecule has 1 unspecified atom stereocenters. The van der Waals surface area contributed by atoms with Gasteiger partial charge in [-0.2, -0.15) is 0 Å². The van der Waals surface area contributed by atoms with Gasteiger partial charge in [0.25, 0.3) is 0 Å². The van der Waals surface area contributed by atoms with Crippen molar-refractivity contribution in [1.82, 2.24) is 0 Å². The molecule has 1 amide bonds. The van der Waals surface area contributed by atoms with Gasteiger partial charge in [0.1, 0.15) is 0 Å². The van der Waals surface area contributed by atoms with Crippen LogP contribution in [0.15, 0.2) is 54.1 Å². The molecule has 1 aromatic rings. The molecule has 0 aliphatic heterocycles. The second kappa shape index (κ2) is 6.80. The molecule has 1 atom stereocenters. The number of carbonyl (C=O) groups excluding carboxylic acids is 1. The fraction of sp³-hybridized carbons (Fsp3) is 0.312. The molecular weight excluding hydrogens is 222 g/mol. The largest absolute Gasteiger partial charge is 0.366 e. The molecule has 0 fully saturated rings. The van der Waals surface area contributed by atoms with Crippen LogP contribution in [-0.4, -0.2) is 5.91 Å². The van der Waals surface area contributed by atoms with Crippen LogP contribution in [0.4, 0.5) is 0 Å². The molecule has 96 valence electrons. The fourth-order valence-electron chi connectivity index (χ4n) is 1.76. The third-order valence-corrected chi connectivity index (χ3v) is 3.17. The van der Waals surface area contributed by atoms with E-state index in [1.165, 1.54) is 11.1 Å². The molecule has 2 heteroatoms. The van der Waals surface area contributed by atoms with E-state index >= 15 is 0 Å². The normalized spacial score (nSPS) is 13.1. The van der Waals surface area contributed by atoms with Gasteiger partial charge in [-0.05, 0) is 24.3 Å². The molecule has 1 rings (SSSR count). The molecule has 0 saturated heterocycles. The molecule has 0 radical (unpaired) electrons. The van der Waals surface area contributed by atoms with Crippen molar-refractivity contribution in [1.29, 1.82) is 0 Å². The van der Waals surface area contributed by atoms with E-state index in [1.54, 1.807) is 0 Å². The third-order valence-electron chi connectivity index (χ3n) is 3.17. The van der Waals surface area contributed by atoms with Gasteiger partial charge in [0.2, 0.25) is 5.91 Å². The topological polar surface area (TPSA) is 43.1 Å². The van der Waals surface area contributed by atoms with Crippen molar-refractivity contribution in [2.24, 2.45) is 11.7 Å². The lowest BCUT2D eigenvalue weighted by Crippen LogP contribution is -2.13. The van der Waals surface area contributed by atoms with Crippen molar-refractivity contribution in [2.45, 2.75) is 26.7 Å². The minimum absolute atomic E-state index is 0.376. The molecule has 0 heterocycles. The third kappa shape index (κ3) is 4.21. The number of primary amides is 1. The monoisotopic (exact) mass is 243 g/mol. The van der Waals surface area contributed by atoms with Crippen LogP contribution in [0.1, 0.15) is 25.8 Å². The maximum absolute atomic E-state index is 11.1. The van der Waals surface area contributed by atoms with Gasteiger partial charge < -0.3 is 5.73 Å². The number of allylic oxidation sites excluding steroid dienone is 1. The molecule has 0 spiro atoms. The minimum Gasteiger partial charge on any atom is -0.366 e. The number of rotatable bonds is 6. The van der Waals surface area contributed by atoms with Crippen molar-refractivity contribution in [3.8, 4) is 0 Å². The molecule has 0 saturated carbocycles. The number of hydrogen-bond acceptors (Lipinski definition) is 1. The highest BCUT2D eigenvalue weighted by Gasteiger charge is 2.09. The minimum atomic E-state index is -0.455. The zero-order valence-corrected chi connectivity index (χ0v) is 11.1. The van der Waals surface area contributed by atoms with Crippen molar-refractivity contribution >= 4 is 5.91 Å². The Balaban J connectivity index is 2.93. The van der Waals surface area contributed by atoms with Crippen molar-refractivity contribution in [2.75, 3.05) is 0 Å². The first-order valence-electron chi connectivity index (χ1n) is 6.27. The molecule has 18 heavy (non-hydrogen) atoms. The number of nitrogens with two attached hydrogens (primary N) is 1. The highest BCUT2D eigenvalue weighted by molar-refractivity contribution is 5.94. The maximum Gasteiger partial charge on any atom is 0.248 e. The smallest absolute Gasteiger partial charge is 0.248 e. The van der Waals surface area contributed by atoms with Crippen LogP contribution in [0.25, 0.3) is 0 Å². The number of carbonyl (C=O) groups is 1. The Morgan fingerprint density at radius 1 is 1.39 bits per heavy atom. The van der Waals surface area contributed by atoms with Crippen molar-refractivity contribution < 1.29 is 4.79 Å². The molecule has 2 nitrogen and oxygen atoms in total. The van der Waals surface area contributed by atoms with Gasteiger partial charge in [-0.25, -0.2) is 0 Å². The van der Waals surface area contributed by atoms with Crippen LogP contribution in [0.3, 0.4) is 0 Å². The summed E-state index contributed by atoms with van der Waals surface area (Å²) in [4.78, 5) is 11.1. The van der Waals surface area contributed by atoms with Crippen LogP contribution >= 0.6 is 0 Å². The van der Waals surface area contributed by atoms with E-state index < -0.39 is 5.91 Å². The fourth-order valence-corrected chi connectivity index (χ4v) is 1.76. The van der Waals surface area contributed by atoms with E-state index in [2.05, 4.69) is 32.6 Å². The van der Waals surface area contributed by atoms with E-state index in [1.807, 2.05) is 24.3 Å². The summed E-state index contributed by atoms with van der Waals surface area (Å²) in [5.74, 6) is -0.0369. The first kappa shape index (κ1) is 14.2. The van der Waals surface area contributed by atoms with Gasteiger partial charge in [-0.3, -0.25) is 4.79 Å². The Labute approximate surface area is 109 Å². The lowest BCUT2D eigenvalue weighted by atomic mass is 9.91. The average Bonchev–Trinajstić information content (AvgIpc) is 2.38. The summed E-state index contributed by atoms with van der Waals surface area (Å²) < 4.78 is 0. The van der Waals surface area contributed by atoms with Crippen LogP contribution in [0.5, 0.6) is 0 Å². The highest BCUT2D eigenvalue weighted by Crippen LogP contribution is 2.20. The molecule has 0 aromatic heterocycles. The lowest BCUT2D eigenvalue weighted by Gasteiger charge is -2.15. The number of hydrogen-bond donors (Lipinski definition) is 1. The molecule has 0 aliphatic rings. The van der Waals surface area contributed by atoms with Crippen LogP contribution < -0.4 is 5.73 Å². The summed E-state index contributed by atoms with van der Waals surface area (Å²) >= 11 is 0. The zero-order chi connectivity index (χ0) is 13.5. The van der Waals surface area contributed by atoms with Crippen LogP contribution in [-0.2, 0) is 11.2 Å². The summed E-state index contributed by atoms with van der Waals surface area (Å²) in [6.45, 7) is 7.99. The summed E-state index contributed by atoms with van der Waals surface area (Å²) in [5, 5.41) is 0. The van der Waals surface area contributed by atoms with Gasteiger partial charge in [0.05, 0.1) is 0 Å². The zero-order valence-electron chi connectivity index (χ0n) is 11.1. The second-order valence-corrected chi connectivity index (χ2v) is 4.58. The Kier molecular flexibility index (Phi) is 5.37. The molecule has 2 N–H and O–H groups in total. The lowest BCUT2D eigenvalue weighted by molar-refractivity contribution is -0.114. The molecule has 1 aromatic carbocycles. The Morgan fingerprint density at radius 3 is 2.50 bits per heavy atom. The van der Waals surface area contributed by atoms with Crippen molar-refractivity contribution in [3.05, 3.63) is 59.7 Å². The van der Waals surface area contributed by atoms with Gasteiger partial charge in [0, 0.05) is 5.57 Å². The Morgan fingerprint density at radius 2 is 2.00 bits per heavy atom. The van der Waals surface area contributed by atoms with Crippen LogP contribution in [0.2, 0.25) is 0 Å². The highest BCUT2D eigenvalue weighted by atomic mass is 16.1. The van der Waals surface area contributed by atoms with E-state index in [0.717, 1.165) is 12.8 Å². The van der Waals surface area contributed by atoms with E-state index in [-0.39, 0.29) is 0 Å². The standard InChI is InChI=1S/C16H21NO/c1-4-12(2)15(10-13(3)16(17)18)11-14-8-6-5-7-9-14/h5-10,12H,3-4,11H2,1-2H3,(H2,17,18)/b15-10-. The van der Waals surface area contributed by atoms with Gasteiger partial charge in [0.15, 0.2) is 0 Å². The number of amides is 1. The first-order valence-corrected chi connectivity index (χ1v) is 6.27. The summed E-state index contributed by atoms with van der Waals surface area (Å²) in [7, 11) is 0. The molecule has 0 aliphatic carbocycles. The van der Waals surface area contributed by atoms with E-state index in [9.17, 15) is 4.79 Å². The van der Waals surface area contributed by atoms with Gasteiger partial charge in [-0.15, -0.1) is 0 Å². The summed E-state index contributed by atoms with van der Waals surface area (Å²) in [5.41, 5.74) is 8.05. The van der Waals surface area contributed by atoms with E-state index in [4.69, 9.17) is 5.73 Å². The van der Waals surface area contributed by atoms with Gasteiger partial charge in [-0.1, -0.05) is 62.4 Å². The summed E-state index contributed by atoms with van der Waals surface area (Å²) in [6.07, 6.45) is 3.70. The second-order valence-electron chi connectivity index (χ2n) is 4.58. The van der Waals surface area contributed by atoms with Crippen LogP contribution in [0, 0.1) is 5.92 Å².